The lowest BCUT2D eigenvalue weighted by atomic mass is 10.1. The molecule has 0 saturated carbocycles. The average molecular weight is 372 g/mol. The summed E-state index contributed by atoms with van der Waals surface area (Å²) in [6, 6.07) is 6.86. The van der Waals surface area contributed by atoms with Crippen LogP contribution in [0.4, 0.5) is 26.7 Å². The molecular formula is C14H9F5N6O. The molecule has 3 aromatic rings. The van der Waals surface area contributed by atoms with Gasteiger partial charge in [-0.25, -0.2) is 14.8 Å². The average Bonchev–Trinajstić information content (AvgIpc) is 3.24. The second kappa shape index (κ2) is 6.28. The van der Waals surface area contributed by atoms with Crippen molar-refractivity contribution in [3.05, 3.63) is 60.2 Å². The molecule has 0 aliphatic rings. The molecule has 0 bridgehead atoms. The minimum Gasteiger partial charge on any atom is -0.243 e. The zero-order chi connectivity index (χ0) is 18.9. The molecule has 26 heavy (non-hydrogen) atoms. The van der Waals surface area contributed by atoms with E-state index in [1.165, 1.54) is 0 Å². The van der Waals surface area contributed by atoms with Crippen LogP contribution >= 0.6 is 0 Å². The summed E-state index contributed by atoms with van der Waals surface area (Å²) in [4.78, 5) is 18.9. The van der Waals surface area contributed by atoms with Gasteiger partial charge in [-0.1, -0.05) is 30.3 Å². The molecule has 0 fully saturated rings. The van der Waals surface area contributed by atoms with Gasteiger partial charge < -0.3 is 0 Å². The van der Waals surface area contributed by atoms with Crippen molar-refractivity contribution in [1.82, 2.24) is 29.5 Å². The Morgan fingerprint density at radius 3 is 2.35 bits per heavy atom. The maximum Gasteiger partial charge on any atom is 0.461 e. The largest absolute Gasteiger partial charge is 0.461 e. The fraction of sp³-hybridized carbons (Fsp3) is 0.214. The van der Waals surface area contributed by atoms with Gasteiger partial charge in [0.25, 0.3) is 0 Å². The number of rotatable bonds is 3. The molecule has 136 valence electrons. The van der Waals surface area contributed by atoms with Gasteiger partial charge in [-0.3, -0.25) is 0 Å². The molecule has 0 spiro atoms. The molecule has 0 N–H and O–H groups in total. The minimum atomic E-state index is -5.95. The van der Waals surface area contributed by atoms with Gasteiger partial charge in [0.15, 0.2) is 5.82 Å². The van der Waals surface area contributed by atoms with E-state index in [0.29, 0.717) is 10.2 Å². The van der Waals surface area contributed by atoms with Crippen LogP contribution in [0.5, 0.6) is 0 Å². The van der Waals surface area contributed by atoms with E-state index in [-0.39, 0.29) is 16.9 Å². The number of benzene rings is 1. The first-order chi connectivity index (χ1) is 12.2. The molecule has 3 rings (SSSR count). The number of carbonyl (C=O) groups is 1. The minimum absolute atomic E-state index is 0.111. The van der Waals surface area contributed by atoms with Gasteiger partial charge >= 0.3 is 18.1 Å². The molecule has 0 aliphatic carbocycles. The van der Waals surface area contributed by atoms with Crippen molar-refractivity contribution in [3.63, 3.8) is 0 Å². The highest BCUT2D eigenvalue weighted by Gasteiger charge is 2.62. The number of hydrogen-bond acceptors (Lipinski definition) is 5. The van der Waals surface area contributed by atoms with Crippen LogP contribution in [0.15, 0.2) is 43.0 Å². The van der Waals surface area contributed by atoms with Crippen molar-refractivity contribution in [1.29, 1.82) is 0 Å². The van der Waals surface area contributed by atoms with E-state index in [9.17, 15) is 26.7 Å². The molecule has 2 heterocycles. The van der Waals surface area contributed by atoms with Gasteiger partial charge in [-0.2, -0.15) is 36.4 Å². The highest BCUT2D eigenvalue weighted by Crippen LogP contribution is 2.43. The number of alkyl halides is 5. The molecule has 0 atom stereocenters. The third-order valence-corrected chi connectivity index (χ3v) is 3.29. The molecule has 2 aromatic heterocycles. The lowest BCUT2D eigenvalue weighted by molar-refractivity contribution is -0.293. The van der Waals surface area contributed by atoms with Crippen LogP contribution in [-0.4, -0.2) is 41.7 Å². The molecule has 0 unspecified atom stereocenters. The summed E-state index contributed by atoms with van der Waals surface area (Å²) >= 11 is 0. The first-order valence-corrected chi connectivity index (χ1v) is 7.04. The van der Waals surface area contributed by atoms with Crippen LogP contribution in [0.25, 0.3) is 0 Å². The number of aromatic nitrogens is 6. The van der Waals surface area contributed by atoms with Gasteiger partial charge in [0.05, 0.1) is 0 Å². The standard InChI is InChI=1S/C14H9F5N6O/c15-13(16,14(17,18)19)11-22-10(6-9-4-2-1-3-5-9)23-25(11)12(26)24-8-20-7-21-24/h1-5,7-8H,6H2. The Hall–Kier alpha value is -3.18. The number of nitrogens with zero attached hydrogens (tertiary/aromatic N) is 6. The Morgan fingerprint density at radius 1 is 1.08 bits per heavy atom. The van der Waals surface area contributed by atoms with Gasteiger partial charge in [0.2, 0.25) is 5.82 Å². The lowest BCUT2D eigenvalue weighted by Gasteiger charge is -2.18. The van der Waals surface area contributed by atoms with Crippen molar-refractivity contribution in [2.75, 3.05) is 0 Å². The Bertz CT molecular complexity index is 904. The van der Waals surface area contributed by atoms with E-state index in [0.717, 1.165) is 12.7 Å². The summed E-state index contributed by atoms with van der Waals surface area (Å²) in [6.45, 7) is 0. The predicted molar refractivity (Wildman–Crippen MR) is 75.4 cm³/mol. The fourth-order valence-electron chi connectivity index (χ4n) is 2.08. The quantitative estimate of drug-likeness (QED) is 0.661. The topological polar surface area (TPSA) is 78.5 Å². The zero-order valence-corrected chi connectivity index (χ0v) is 12.7. The summed E-state index contributed by atoms with van der Waals surface area (Å²) in [5.74, 6) is -7.59. The number of hydrogen-bond donors (Lipinski definition) is 0. The zero-order valence-electron chi connectivity index (χ0n) is 12.7. The first-order valence-electron chi connectivity index (χ1n) is 7.04. The SMILES string of the molecule is O=C(n1cncn1)n1nc(Cc2ccccc2)nc1C(F)(F)C(F)(F)F. The molecule has 1 aromatic carbocycles. The van der Waals surface area contributed by atoms with Crippen molar-refractivity contribution in [3.8, 4) is 0 Å². The third-order valence-electron chi connectivity index (χ3n) is 3.29. The Balaban J connectivity index is 2.07. The molecule has 0 amide bonds. The normalized spacial score (nSPS) is 12.3. The fourth-order valence-corrected chi connectivity index (χ4v) is 2.08. The summed E-state index contributed by atoms with van der Waals surface area (Å²) < 4.78 is 66.3. The maximum atomic E-state index is 13.8. The predicted octanol–water partition coefficient (Wildman–Crippen LogP) is 2.63. The van der Waals surface area contributed by atoms with Crippen molar-refractivity contribution >= 4 is 6.03 Å². The highest BCUT2D eigenvalue weighted by atomic mass is 19.4. The van der Waals surface area contributed by atoms with E-state index in [2.05, 4.69) is 20.2 Å². The monoisotopic (exact) mass is 372 g/mol. The van der Waals surface area contributed by atoms with E-state index in [1.807, 2.05) is 0 Å². The molecule has 0 saturated heterocycles. The van der Waals surface area contributed by atoms with Crippen molar-refractivity contribution < 1.29 is 26.7 Å². The van der Waals surface area contributed by atoms with Crippen LogP contribution < -0.4 is 0 Å². The second-order valence-electron chi connectivity index (χ2n) is 5.12. The molecule has 0 radical (unpaired) electrons. The molecule has 12 heteroatoms. The van der Waals surface area contributed by atoms with Gasteiger partial charge in [-0.15, -0.1) is 5.10 Å². The van der Waals surface area contributed by atoms with E-state index < -0.39 is 24.0 Å². The number of halogens is 5. The second-order valence-corrected chi connectivity index (χ2v) is 5.12. The van der Waals surface area contributed by atoms with Gasteiger partial charge in [0.1, 0.15) is 12.7 Å². The molecular weight excluding hydrogens is 363 g/mol. The Labute approximate surface area is 142 Å². The summed E-state index contributed by atoms with van der Waals surface area (Å²) in [7, 11) is 0. The van der Waals surface area contributed by atoms with E-state index in [4.69, 9.17) is 0 Å². The Morgan fingerprint density at radius 2 is 1.77 bits per heavy atom. The van der Waals surface area contributed by atoms with Crippen LogP contribution in [0.1, 0.15) is 17.2 Å². The van der Waals surface area contributed by atoms with Gasteiger partial charge in [0, 0.05) is 6.42 Å². The van der Waals surface area contributed by atoms with E-state index in [1.54, 1.807) is 30.3 Å². The van der Waals surface area contributed by atoms with Crippen LogP contribution in [-0.2, 0) is 12.3 Å². The van der Waals surface area contributed by atoms with Crippen LogP contribution in [0, 0.1) is 0 Å². The smallest absolute Gasteiger partial charge is 0.243 e. The summed E-state index contributed by atoms with van der Waals surface area (Å²) in [6.07, 6.45) is -4.33. The summed E-state index contributed by atoms with van der Waals surface area (Å²) in [5.41, 5.74) is 0.569. The van der Waals surface area contributed by atoms with E-state index >= 15 is 0 Å². The first kappa shape index (κ1) is 17.6. The molecule has 7 nitrogen and oxygen atoms in total. The number of carbonyl (C=O) groups excluding carboxylic acids is 1. The summed E-state index contributed by atoms with van der Waals surface area (Å²) in [5, 5.41) is 6.94. The van der Waals surface area contributed by atoms with Crippen molar-refractivity contribution in [2.24, 2.45) is 0 Å². The molecule has 0 aliphatic heterocycles. The maximum absolute atomic E-state index is 13.8. The lowest BCUT2D eigenvalue weighted by Crippen LogP contribution is -2.38. The third kappa shape index (κ3) is 3.17. The van der Waals surface area contributed by atoms with Crippen LogP contribution in [0.2, 0.25) is 0 Å². The Kier molecular flexibility index (Phi) is 4.26. The van der Waals surface area contributed by atoms with Crippen molar-refractivity contribution in [2.45, 2.75) is 18.5 Å². The van der Waals surface area contributed by atoms with Crippen LogP contribution in [0.3, 0.4) is 0 Å². The van der Waals surface area contributed by atoms with Gasteiger partial charge in [-0.05, 0) is 5.56 Å². The highest BCUT2D eigenvalue weighted by molar-refractivity contribution is 5.77.